The molecule has 1 amide bonds. The number of rotatable bonds is 7. The van der Waals surface area contributed by atoms with E-state index in [1.807, 2.05) is 0 Å². The van der Waals surface area contributed by atoms with Gasteiger partial charge >= 0.3 is 0 Å². The molecule has 0 atom stereocenters. The molecular formula is C16H19N3O5S. The Morgan fingerprint density at radius 2 is 2.16 bits per heavy atom. The van der Waals surface area contributed by atoms with E-state index >= 15 is 0 Å². The quantitative estimate of drug-likeness (QED) is 0.590. The molecule has 1 aromatic carbocycles. The third-order valence-corrected chi connectivity index (χ3v) is 5.12. The minimum atomic E-state index is -3.89. The van der Waals surface area contributed by atoms with Crippen molar-refractivity contribution in [1.29, 1.82) is 0 Å². The van der Waals surface area contributed by atoms with Gasteiger partial charge in [0, 0.05) is 7.05 Å². The zero-order valence-electron chi connectivity index (χ0n) is 14.1. The average molecular weight is 365 g/mol. The van der Waals surface area contributed by atoms with E-state index in [0.717, 1.165) is 9.87 Å². The third kappa shape index (κ3) is 4.68. The Morgan fingerprint density at radius 3 is 2.80 bits per heavy atom. The summed E-state index contributed by atoms with van der Waals surface area (Å²) in [6.45, 7) is 1.38. The summed E-state index contributed by atoms with van der Waals surface area (Å²) in [5.74, 6) is 0.0972. The van der Waals surface area contributed by atoms with Gasteiger partial charge in [0.15, 0.2) is 0 Å². The first kappa shape index (κ1) is 18.7. The number of hydrogen-bond donors (Lipinski definition) is 1. The number of sulfonamides is 1. The van der Waals surface area contributed by atoms with E-state index in [-0.39, 0.29) is 10.6 Å². The van der Waals surface area contributed by atoms with Gasteiger partial charge in [0.2, 0.25) is 10.0 Å². The fraction of sp³-hybridized carbons (Fsp3) is 0.250. The molecule has 2 rings (SSSR count). The molecule has 8 nitrogen and oxygen atoms in total. The zero-order chi connectivity index (χ0) is 18.4. The zero-order valence-corrected chi connectivity index (χ0v) is 14.9. The van der Waals surface area contributed by atoms with Gasteiger partial charge in [-0.2, -0.15) is 9.41 Å². The van der Waals surface area contributed by atoms with Crippen molar-refractivity contribution in [3.05, 3.63) is 47.9 Å². The molecule has 0 radical (unpaired) electrons. The molecule has 25 heavy (non-hydrogen) atoms. The van der Waals surface area contributed by atoms with E-state index in [1.165, 1.54) is 32.7 Å². The highest BCUT2D eigenvalue weighted by atomic mass is 32.2. The number of hydrogen-bond acceptors (Lipinski definition) is 6. The van der Waals surface area contributed by atoms with E-state index < -0.39 is 22.5 Å². The van der Waals surface area contributed by atoms with Gasteiger partial charge < -0.3 is 9.15 Å². The smallest absolute Gasteiger partial charge is 0.255 e. The molecule has 1 aromatic heterocycles. The Labute approximate surface area is 146 Å². The van der Waals surface area contributed by atoms with Crippen LogP contribution in [0.5, 0.6) is 5.75 Å². The Morgan fingerprint density at radius 1 is 1.40 bits per heavy atom. The first-order valence-electron chi connectivity index (χ1n) is 7.31. The van der Waals surface area contributed by atoms with E-state index in [0.29, 0.717) is 5.76 Å². The van der Waals surface area contributed by atoms with Crippen LogP contribution in [0.25, 0.3) is 0 Å². The lowest BCUT2D eigenvalue weighted by atomic mass is 10.2. The van der Waals surface area contributed by atoms with Crippen molar-refractivity contribution in [2.45, 2.75) is 11.8 Å². The van der Waals surface area contributed by atoms with Crippen molar-refractivity contribution in [2.24, 2.45) is 5.10 Å². The molecule has 0 fully saturated rings. The number of likely N-dealkylation sites (N-methyl/N-ethyl adjacent to an activating group) is 1. The number of benzene rings is 1. The van der Waals surface area contributed by atoms with Crippen molar-refractivity contribution in [3.8, 4) is 5.75 Å². The Kier molecular flexibility index (Phi) is 5.94. The molecule has 2 aromatic rings. The minimum Gasteiger partial charge on any atom is -0.495 e. The van der Waals surface area contributed by atoms with E-state index in [4.69, 9.17) is 9.15 Å². The molecular weight excluding hydrogens is 346 g/mol. The van der Waals surface area contributed by atoms with Crippen LogP contribution in [0.2, 0.25) is 0 Å². The molecule has 0 aliphatic heterocycles. The summed E-state index contributed by atoms with van der Waals surface area (Å²) in [6.07, 6.45) is 2.79. The highest BCUT2D eigenvalue weighted by Crippen LogP contribution is 2.26. The monoisotopic (exact) mass is 365 g/mol. The molecule has 0 bridgehead atoms. The summed E-state index contributed by atoms with van der Waals surface area (Å²) in [4.78, 5) is 11.9. The fourth-order valence-electron chi connectivity index (χ4n) is 2.01. The molecule has 1 N–H and O–H groups in total. The van der Waals surface area contributed by atoms with Crippen LogP contribution in [-0.4, -0.2) is 45.5 Å². The molecule has 0 saturated carbocycles. The number of ether oxygens (including phenoxy) is 1. The number of aryl methyl sites for hydroxylation is 1. The standard InChI is InChI=1S/C16H19N3O5S/c1-12-6-7-14(23-3)15(9-12)25(21,22)19(2)11-16(20)18-17-10-13-5-4-8-24-13/h4-10H,11H2,1-3H3,(H,18,20)/b17-10+. The molecule has 0 spiro atoms. The lowest BCUT2D eigenvalue weighted by molar-refractivity contribution is -0.121. The first-order valence-corrected chi connectivity index (χ1v) is 8.75. The highest BCUT2D eigenvalue weighted by molar-refractivity contribution is 7.89. The van der Waals surface area contributed by atoms with E-state index in [1.54, 1.807) is 31.2 Å². The number of methoxy groups -OCH3 is 1. The van der Waals surface area contributed by atoms with Gasteiger partial charge in [0.05, 0.1) is 26.1 Å². The van der Waals surface area contributed by atoms with Gasteiger partial charge in [-0.25, -0.2) is 13.8 Å². The Balaban J connectivity index is 2.07. The number of carbonyl (C=O) groups excluding carboxylic acids is 1. The minimum absolute atomic E-state index is 0.00406. The van der Waals surface area contributed by atoms with Crippen LogP contribution in [0.15, 0.2) is 51.0 Å². The van der Waals surface area contributed by atoms with Gasteiger partial charge in [-0.15, -0.1) is 0 Å². The molecule has 1 heterocycles. The van der Waals surface area contributed by atoms with Gasteiger partial charge in [0.25, 0.3) is 5.91 Å². The van der Waals surface area contributed by atoms with E-state index in [9.17, 15) is 13.2 Å². The molecule has 134 valence electrons. The predicted octanol–water partition coefficient (Wildman–Crippen LogP) is 1.37. The van der Waals surface area contributed by atoms with Crippen LogP contribution < -0.4 is 10.2 Å². The van der Waals surface area contributed by atoms with Gasteiger partial charge in [-0.1, -0.05) is 6.07 Å². The third-order valence-electron chi connectivity index (χ3n) is 3.30. The SMILES string of the molecule is COc1ccc(C)cc1S(=O)(=O)N(C)CC(=O)N/N=C/c1ccco1. The van der Waals surface area contributed by atoms with Gasteiger partial charge in [0.1, 0.15) is 16.4 Å². The predicted molar refractivity (Wildman–Crippen MR) is 92.0 cm³/mol. The maximum Gasteiger partial charge on any atom is 0.255 e. The summed E-state index contributed by atoms with van der Waals surface area (Å²) in [5, 5.41) is 3.70. The number of furan rings is 1. The second kappa shape index (κ2) is 7.95. The van der Waals surface area contributed by atoms with Gasteiger partial charge in [-0.3, -0.25) is 4.79 Å². The summed E-state index contributed by atoms with van der Waals surface area (Å²) < 4.78 is 36.4. The maximum atomic E-state index is 12.7. The Hall–Kier alpha value is -2.65. The van der Waals surface area contributed by atoms with Crippen molar-refractivity contribution in [3.63, 3.8) is 0 Å². The summed E-state index contributed by atoms with van der Waals surface area (Å²) >= 11 is 0. The molecule has 0 saturated heterocycles. The van der Waals surface area contributed by atoms with Crippen LogP contribution in [0.4, 0.5) is 0 Å². The maximum absolute atomic E-state index is 12.7. The number of nitrogens with zero attached hydrogens (tertiary/aromatic N) is 2. The van der Waals surface area contributed by atoms with Gasteiger partial charge in [-0.05, 0) is 36.8 Å². The normalized spacial score (nSPS) is 11.8. The summed E-state index contributed by atoms with van der Waals surface area (Å²) in [7, 11) is -1.19. The van der Waals surface area contributed by atoms with Crippen LogP contribution in [0.3, 0.4) is 0 Å². The number of amides is 1. The first-order chi connectivity index (χ1) is 11.8. The lowest BCUT2D eigenvalue weighted by Gasteiger charge is -2.18. The molecule has 9 heteroatoms. The van der Waals surface area contributed by atoms with Crippen molar-refractivity contribution < 1.29 is 22.4 Å². The number of carbonyl (C=O) groups is 1. The molecule has 0 aliphatic rings. The van der Waals surface area contributed by atoms with Crippen LogP contribution in [-0.2, 0) is 14.8 Å². The highest BCUT2D eigenvalue weighted by Gasteiger charge is 2.26. The topological polar surface area (TPSA) is 101 Å². The van der Waals surface area contributed by atoms with Crippen molar-refractivity contribution in [2.75, 3.05) is 20.7 Å². The van der Waals surface area contributed by atoms with E-state index in [2.05, 4.69) is 10.5 Å². The molecule has 0 unspecified atom stereocenters. The summed E-state index contributed by atoms with van der Waals surface area (Å²) in [5.41, 5.74) is 3.01. The van der Waals surface area contributed by atoms with Crippen LogP contribution in [0, 0.1) is 6.92 Å². The largest absolute Gasteiger partial charge is 0.495 e. The van der Waals surface area contributed by atoms with Crippen molar-refractivity contribution >= 4 is 22.1 Å². The number of hydrazone groups is 1. The fourth-order valence-corrected chi connectivity index (χ4v) is 3.37. The average Bonchev–Trinajstić information content (AvgIpc) is 3.08. The second-order valence-corrected chi connectivity index (χ2v) is 7.24. The van der Waals surface area contributed by atoms with Crippen LogP contribution >= 0.6 is 0 Å². The molecule has 0 aliphatic carbocycles. The summed E-state index contributed by atoms with van der Waals surface area (Å²) in [6, 6.07) is 8.16. The second-order valence-electron chi connectivity index (χ2n) is 5.22. The van der Waals surface area contributed by atoms with Crippen LogP contribution in [0.1, 0.15) is 11.3 Å². The number of nitrogens with one attached hydrogen (secondary N) is 1. The van der Waals surface area contributed by atoms with Crippen molar-refractivity contribution in [1.82, 2.24) is 9.73 Å². The Bertz CT molecular complexity index is 860. The lowest BCUT2D eigenvalue weighted by Crippen LogP contribution is -2.36.